The van der Waals surface area contributed by atoms with Crippen LogP contribution >= 0.6 is 0 Å². The van der Waals surface area contributed by atoms with E-state index in [-0.39, 0.29) is 61.0 Å². The second-order valence-electron chi connectivity index (χ2n) is 20.1. The second kappa shape index (κ2) is 17.0. The van der Waals surface area contributed by atoms with Crippen molar-refractivity contribution in [1.82, 2.24) is 0 Å². The third-order valence-electron chi connectivity index (χ3n) is 16.6. The first-order chi connectivity index (χ1) is 25.6. The van der Waals surface area contributed by atoms with E-state index in [1.807, 2.05) is 6.92 Å². The predicted octanol–water partition coefficient (Wildman–Crippen LogP) is 2.15. The summed E-state index contributed by atoms with van der Waals surface area (Å²) in [5.41, 5.74) is -0.405. The van der Waals surface area contributed by atoms with Crippen molar-refractivity contribution in [1.29, 1.82) is 0 Å². The Kier molecular flexibility index (Phi) is 14.3. The molecule has 0 bridgehead atoms. The SMILES string of the molecule is CC(C)=CCCC(C)(O)[C@H]1CC[C@]2(C)C1[C@H](O)CC1[C@@]3(C)CC[C@H](O[C@@H]4O[C@H](CO)[C@@H](O)[C@H](O)[C@H]4O[C@@H]4O[C@H](CO)[C@@H](O)[C@H](O)[C@H]4O)C(C)(C)C3CC[C@]12C.[Pt+4]. The minimum atomic E-state index is -1.75. The van der Waals surface area contributed by atoms with Crippen LogP contribution < -0.4 is 0 Å². The van der Waals surface area contributed by atoms with Crippen LogP contribution in [0.3, 0.4) is 0 Å². The van der Waals surface area contributed by atoms with Crippen molar-refractivity contribution >= 4 is 0 Å². The monoisotopic (exact) mass is 979 g/mol. The average molecular weight is 980 g/mol. The van der Waals surface area contributed by atoms with Gasteiger partial charge in [0.25, 0.3) is 0 Å². The average Bonchev–Trinajstić information content (AvgIpc) is 3.50. The summed E-state index contributed by atoms with van der Waals surface area (Å²) in [5.74, 6) is 0.445. The third-order valence-corrected chi connectivity index (χ3v) is 16.6. The van der Waals surface area contributed by atoms with E-state index in [0.29, 0.717) is 19.3 Å². The summed E-state index contributed by atoms with van der Waals surface area (Å²) >= 11 is 0. The number of hydrogen-bond donors (Lipinski definition) is 9. The van der Waals surface area contributed by atoms with Gasteiger partial charge in [-0.15, -0.1) is 0 Å². The van der Waals surface area contributed by atoms with Gasteiger partial charge in [-0.2, -0.15) is 0 Å². The molecule has 0 aromatic carbocycles. The maximum Gasteiger partial charge on any atom is 4.00 e. The molecule has 6 fully saturated rings. The summed E-state index contributed by atoms with van der Waals surface area (Å²) in [4.78, 5) is 0. The topological polar surface area (TPSA) is 219 Å². The second-order valence-corrected chi connectivity index (χ2v) is 20.1. The summed E-state index contributed by atoms with van der Waals surface area (Å²) in [5, 5.41) is 97.4. The molecule has 2 aliphatic heterocycles. The van der Waals surface area contributed by atoms with Crippen LogP contribution in [0.5, 0.6) is 0 Å². The molecule has 20 atom stereocenters. The molecule has 0 aromatic rings. The Labute approximate surface area is 347 Å². The number of ether oxygens (including phenoxy) is 4. The standard InChI is InChI=1S/C42H72O13.Pt/c1-21(2)10-9-14-42(8,51)22-11-16-41(7)29(22)23(45)18-27-39(5)15-13-28(38(3,4)26(39)12-17-40(27,41)6)54-37-35(33(49)31(47)25(20-44)53-37)55-36-34(50)32(48)30(46)24(19-43)52-36;/h10,22-37,43-51H,9,11-20H2,1-8H3;/q;+4/t22-,23+,24+,25+,26?,27?,28-,29?,30+,31+,32-,33-,34+,35+,36-,37-,39-,40+,41+,42?;/m0./s1. The van der Waals surface area contributed by atoms with Crippen LogP contribution in [-0.4, -0.2) is 138 Å². The molecular formula is C42H72O13Pt+4. The maximum atomic E-state index is 12.2. The van der Waals surface area contributed by atoms with Gasteiger partial charge in [0, 0.05) is 0 Å². The van der Waals surface area contributed by atoms with Gasteiger partial charge in [-0.25, -0.2) is 0 Å². The minimum absolute atomic E-state index is 0. The Hall–Kier alpha value is -0.0917. The van der Waals surface area contributed by atoms with Crippen molar-refractivity contribution in [3.05, 3.63) is 11.6 Å². The largest absolute Gasteiger partial charge is 4.00 e. The smallest absolute Gasteiger partial charge is 0.394 e. The normalized spacial score (nSPS) is 51.1. The van der Waals surface area contributed by atoms with Crippen molar-refractivity contribution in [3.63, 3.8) is 0 Å². The quantitative estimate of drug-likeness (QED) is 0.113. The number of aliphatic hydroxyl groups is 9. The first kappa shape index (κ1) is 47.0. The van der Waals surface area contributed by atoms with Crippen molar-refractivity contribution in [3.8, 4) is 0 Å². The van der Waals surface area contributed by atoms with Crippen molar-refractivity contribution < 1.29 is 86.0 Å². The van der Waals surface area contributed by atoms with Gasteiger partial charge in [-0.05, 0) is 124 Å². The molecule has 13 nitrogen and oxygen atoms in total. The molecule has 14 heteroatoms. The molecule has 0 aromatic heterocycles. The van der Waals surface area contributed by atoms with Crippen molar-refractivity contribution in [2.45, 2.75) is 192 Å². The molecule has 0 spiro atoms. The van der Waals surface area contributed by atoms with E-state index in [1.165, 1.54) is 5.57 Å². The van der Waals surface area contributed by atoms with Crippen LogP contribution in [0.2, 0.25) is 0 Å². The fourth-order valence-electron chi connectivity index (χ4n) is 13.3. The molecular weight excluding hydrogens is 908 g/mol. The van der Waals surface area contributed by atoms with Crippen LogP contribution in [0.15, 0.2) is 11.6 Å². The molecule has 4 aliphatic carbocycles. The summed E-state index contributed by atoms with van der Waals surface area (Å²) in [6.45, 7) is 16.5. The van der Waals surface area contributed by atoms with Gasteiger partial charge >= 0.3 is 21.1 Å². The molecule has 6 rings (SSSR count). The van der Waals surface area contributed by atoms with Crippen LogP contribution in [0, 0.1) is 45.3 Å². The Morgan fingerprint density at radius 2 is 1.32 bits per heavy atom. The Bertz CT molecular complexity index is 1380. The summed E-state index contributed by atoms with van der Waals surface area (Å²) in [6, 6.07) is 0. The van der Waals surface area contributed by atoms with Gasteiger partial charge in [0.15, 0.2) is 12.6 Å². The van der Waals surface area contributed by atoms with Gasteiger partial charge in [0.05, 0.1) is 31.0 Å². The van der Waals surface area contributed by atoms with Crippen molar-refractivity contribution in [2.24, 2.45) is 45.3 Å². The molecule has 9 N–H and O–H groups in total. The minimum Gasteiger partial charge on any atom is -0.394 e. The van der Waals surface area contributed by atoms with Gasteiger partial charge < -0.3 is 64.9 Å². The number of rotatable bonds is 10. The Morgan fingerprint density at radius 3 is 1.93 bits per heavy atom. The van der Waals surface area contributed by atoms with Crippen molar-refractivity contribution in [2.75, 3.05) is 13.2 Å². The number of hydrogen-bond acceptors (Lipinski definition) is 13. The first-order valence-electron chi connectivity index (χ1n) is 20.9. The Balaban J connectivity index is 0.00000600. The van der Waals surface area contributed by atoms with Gasteiger partial charge in [-0.3, -0.25) is 0 Å². The van der Waals surface area contributed by atoms with Crippen LogP contribution in [0.1, 0.15) is 113 Å². The van der Waals surface area contributed by atoms with Crippen LogP contribution in [-0.2, 0) is 40.0 Å². The van der Waals surface area contributed by atoms with E-state index < -0.39 is 97.8 Å². The van der Waals surface area contributed by atoms with E-state index in [4.69, 9.17) is 18.9 Å². The summed E-state index contributed by atoms with van der Waals surface area (Å²) in [7, 11) is 0. The van der Waals surface area contributed by atoms with E-state index in [2.05, 4.69) is 54.5 Å². The number of aliphatic hydroxyl groups excluding tert-OH is 8. The maximum absolute atomic E-state index is 12.2. The van der Waals surface area contributed by atoms with Gasteiger partial charge in [0.1, 0.15) is 48.8 Å². The first-order valence-corrected chi connectivity index (χ1v) is 20.9. The molecule has 324 valence electrons. The predicted molar refractivity (Wildman–Crippen MR) is 201 cm³/mol. The zero-order valence-corrected chi connectivity index (χ0v) is 36.8. The Morgan fingerprint density at radius 1 is 0.732 bits per heavy atom. The fraction of sp³-hybridized carbons (Fsp3) is 0.952. The van der Waals surface area contributed by atoms with Gasteiger partial charge in [0.2, 0.25) is 0 Å². The fourth-order valence-corrected chi connectivity index (χ4v) is 13.3. The zero-order chi connectivity index (χ0) is 40.6. The number of fused-ring (bicyclic) bond motifs is 5. The van der Waals surface area contributed by atoms with E-state index in [1.54, 1.807) is 0 Å². The van der Waals surface area contributed by atoms with E-state index in [0.717, 1.165) is 38.5 Å². The van der Waals surface area contributed by atoms with E-state index in [9.17, 15) is 46.0 Å². The van der Waals surface area contributed by atoms with Gasteiger partial charge in [-0.1, -0.05) is 46.3 Å². The molecule has 2 heterocycles. The summed E-state index contributed by atoms with van der Waals surface area (Å²) < 4.78 is 24.4. The van der Waals surface area contributed by atoms with E-state index >= 15 is 0 Å². The molecule has 4 saturated carbocycles. The molecule has 0 amide bonds. The zero-order valence-electron chi connectivity index (χ0n) is 34.6. The van der Waals surface area contributed by atoms with Crippen LogP contribution in [0.4, 0.5) is 0 Å². The molecule has 4 unspecified atom stereocenters. The molecule has 56 heavy (non-hydrogen) atoms. The van der Waals surface area contributed by atoms with Crippen LogP contribution in [0.25, 0.3) is 0 Å². The number of allylic oxidation sites excluding steroid dienone is 2. The summed E-state index contributed by atoms with van der Waals surface area (Å²) in [6.07, 6.45) is -6.48. The molecule has 6 aliphatic rings. The molecule has 2 saturated heterocycles. The molecule has 0 radical (unpaired) electrons. The third kappa shape index (κ3) is 7.71.